The molecule has 0 unspecified atom stereocenters. The van der Waals surface area contributed by atoms with Gasteiger partial charge in [0.25, 0.3) is 0 Å². The first-order valence-electron chi connectivity index (χ1n) is 5.99. The van der Waals surface area contributed by atoms with Gasteiger partial charge in [0.2, 0.25) is 0 Å². The van der Waals surface area contributed by atoms with E-state index in [-0.39, 0.29) is 6.61 Å². The highest BCUT2D eigenvalue weighted by Gasteiger charge is 2.09. The Morgan fingerprint density at radius 3 is 2.44 bits per heavy atom. The maximum absolute atomic E-state index is 8.69. The Morgan fingerprint density at radius 1 is 1.11 bits per heavy atom. The first kappa shape index (κ1) is 14.9. The molecule has 1 aromatic carbocycles. The summed E-state index contributed by atoms with van der Waals surface area (Å²) in [5.74, 6) is 1.30. The van der Waals surface area contributed by atoms with Crippen molar-refractivity contribution in [1.82, 2.24) is 0 Å². The average molecular weight is 274 g/mol. The van der Waals surface area contributed by atoms with Crippen LogP contribution < -0.4 is 14.8 Å². The zero-order chi connectivity index (χ0) is 13.4. The summed E-state index contributed by atoms with van der Waals surface area (Å²) in [5, 5.41) is 12.5. The van der Waals surface area contributed by atoms with E-state index in [9.17, 15) is 0 Å². The molecule has 1 rings (SSSR count). The third kappa shape index (κ3) is 4.27. The van der Waals surface area contributed by atoms with Crippen LogP contribution in [0.25, 0.3) is 0 Å². The summed E-state index contributed by atoms with van der Waals surface area (Å²) in [5.41, 5.74) is 0.854. The van der Waals surface area contributed by atoms with Crippen LogP contribution in [0.2, 0.25) is 5.02 Å². The highest BCUT2D eigenvalue weighted by atomic mass is 35.5. The number of rotatable bonds is 8. The van der Waals surface area contributed by atoms with Crippen LogP contribution in [0.5, 0.6) is 11.5 Å². The van der Waals surface area contributed by atoms with Crippen molar-refractivity contribution in [2.45, 2.75) is 19.3 Å². The smallest absolute Gasteiger partial charge is 0.145 e. The van der Waals surface area contributed by atoms with Crippen molar-refractivity contribution in [2.24, 2.45) is 0 Å². The summed E-state index contributed by atoms with van der Waals surface area (Å²) < 4.78 is 10.4. The number of aliphatic hydroxyl groups excluding tert-OH is 1. The van der Waals surface area contributed by atoms with Crippen molar-refractivity contribution in [1.29, 1.82) is 0 Å². The molecule has 102 valence electrons. The molecule has 4 nitrogen and oxygen atoms in total. The highest BCUT2D eigenvalue weighted by Crippen LogP contribution is 2.35. The van der Waals surface area contributed by atoms with Crippen molar-refractivity contribution in [3.8, 4) is 11.5 Å². The van der Waals surface area contributed by atoms with E-state index in [1.165, 1.54) is 0 Å². The molecule has 0 aliphatic heterocycles. The fraction of sp³-hybridized carbons (Fsp3) is 0.538. The van der Waals surface area contributed by atoms with E-state index in [0.29, 0.717) is 16.5 Å². The minimum absolute atomic E-state index is 0.248. The lowest BCUT2D eigenvalue weighted by molar-refractivity contribution is 0.283. The second-order valence-corrected chi connectivity index (χ2v) is 4.31. The molecule has 0 aliphatic rings. The van der Waals surface area contributed by atoms with Gasteiger partial charge in [-0.3, -0.25) is 0 Å². The van der Waals surface area contributed by atoms with Gasteiger partial charge in [0.1, 0.15) is 11.5 Å². The van der Waals surface area contributed by atoms with Crippen LogP contribution in [-0.4, -0.2) is 32.5 Å². The number of anilines is 1. The zero-order valence-electron chi connectivity index (χ0n) is 10.8. The fourth-order valence-corrected chi connectivity index (χ4v) is 1.88. The number of halogens is 1. The van der Waals surface area contributed by atoms with Gasteiger partial charge in [-0.15, -0.1) is 0 Å². The Hall–Kier alpha value is -1.13. The summed E-state index contributed by atoms with van der Waals surface area (Å²) in [4.78, 5) is 0. The van der Waals surface area contributed by atoms with Gasteiger partial charge in [0.05, 0.1) is 24.9 Å². The molecule has 0 aromatic heterocycles. The molecular weight excluding hydrogens is 254 g/mol. The number of ether oxygens (including phenoxy) is 2. The molecule has 2 N–H and O–H groups in total. The molecule has 0 bridgehead atoms. The lowest BCUT2D eigenvalue weighted by Crippen LogP contribution is -2.04. The standard InChI is InChI=1S/C13H20ClNO3/c1-17-12-9-13(18-2)11(8-10(12)14)15-6-4-3-5-7-16/h8-9,15-16H,3-7H2,1-2H3. The van der Waals surface area contributed by atoms with Gasteiger partial charge < -0.3 is 19.9 Å². The summed E-state index contributed by atoms with van der Waals surface area (Å²) in [6, 6.07) is 3.56. The van der Waals surface area contributed by atoms with Crippen molar-refractivity contribution in [3.63, 3.8) is 0 Å². The largest absolute Gasteiger partial charge is 0.495 e. The Labute approximate surface area is 113 Å². The molecule has 0 saturated heterocycles. The summed E-state index contributed by atoms with van der Waals surface area (Å²) in [7, 11) is 3.18. The van der Waals surface area contributed by atoms with E-state index in [2.05, 4.69) is 5.32 Å². The molecule has 1 aromatic rings. The van der Waals surface area contributed by atoms with E-state index >= 15 is 0 Å². The van der Waals surface area contributed by atoms with Crippen LogP contribution >= 0.6 is 11.6 Å². The van der Waals surface area contributed by atoms with E-state index < -0.39 is 0 Å². The molecule has 0 fully saturated rings. The predicted molar refractivity (Wildman–Crippen MR) is 74.0 cm³/mol. The first-order valence-corrected chi connectivity index (χ1v) is 6.37. The van der Waals surface area contributed by atoms with Gasteiger partial charge in [-0.1, -0.05) is 11.6 Å². The number of nitrogens with one attached hydrogen (secondary N) is 1. The molecule has 0 saturated carbocycles. The van der Waals surface area contributed by atoms with Gasteiger partial charge >= 0.3 is 0 Å². The van der Waals surface area contributed by atoms with Gasteiger partial charge in [0.15, 0.2) is 0 Å². The van der Waals surface area contributed by atoms with E-state index in [4.69, 9.17) is 26.2 Å². The lowest BCUT2D eigenvalue weighted by atomic mass is 10.2. The van der Waals surface area contributed by atoms with Crippen LogP contribution in [0, 0.1) is 0 Å². The summed E-state index contributed by atoms with van der Waals surface area (Å²) in [6.45, 7) is 1.07. The molecular formula is C13H20ClNO3. The molecule has 0 spiro atoms. The average Bonchev–Trinajstić information content (AvgIpc) is 2.38. The second-order valence-electron chi connectivity index (χ2n) is 3.90. The Morgan fingerprint density at radius 2 is 1.83 bits per heavy atom. The molecule has 0 radical (unpaired) electrons. The van der Waals surface area contributed by atoms with Crippen molar-refractivity contribution in [3.05, 3.63) is 17.2 Å². The van der Waals surface area contributed by atoms with Crippen molar-refractivity contribution < 1.29 is 14.6 Å². The quantitative estimate of drug-likeness (QED) is 0.715. The van der Waals surface area contributed by atoms with Crippen LogP contribution in [-0.2, 0) is 0 Å². The normalized spacial score (nSPS) is 10.2. The van der Waals surface area contributed by atoms with Crippen LogP contribution in [0.4, 0.5) is 5.69 Å². The van der Waals surface area contributed by atoms with E-state index in [1.807, 2.05) is 0 Å². The lowest BCUT2D eigenvalue weighted by Gasteiger charge is -2.13. The molecule has 0 atom stereocenters. The van der Waals surface area contributed by atoms with Crippen molar-refractivity contribution >= 4 is 17.3 Å². The number of aliphatic hydroxyl groups is 1. The van der Waals surface area contributed by atoms with Crippen molar-refractivity contribution in [2.75, 3.05) is 32.7 Å². The molecule has 0 heterocycles. The van der Waals surface area contributed by atoms with E-state index in [0.717, 1.165) is 31.5 Å². The SMILES string of the molecule is COc1cc(OC)c(NCCCCCO)cc1Cl. The minimum atomic E-state index is 0.248. The second kappa shape index (κ2) is 8.06. The zero-order valence-corrected chi connectivity index (χ0v) is 11.6. The number of benzene rings is 1. The number of unbranched alkanes of at least 4 members (excludes halogenated alkanes) is 2. The Balaban J connectivity index is 2.61. The van der Waals surface area contributed by atoms with Crippen LogP contribution in [0.3, 0.4) is 0 Å². The van der Waals surface area contributed by atoms with Gasteiger partial charge in [-0.05, 0) is 25.3 Å². The first-order chi connectivity index (χ1) is 8.72. The summed E-state index contributed by atoms with van der Waals surface area (Å²) in [6.07, 6.45) is 2.82. The van der Waals surface area contributed by atoms with Crippen LogP contribution in [0.1, 0.15) is 19.3 Å². The monoisotopic (exact) mass is 273 g/mol. The highest BCUT2D eigenvalue weighted by molar-refractivity contribution is 6.32. The molecule has 0 amide bonds. The van der Waals surface area contributed by atoms with Gasteiger partial charge in [-0.2, -0.15) is 0 Å². The van der Waals surface area contributed by atoms with E-state index in [1.54, 1.807) is 26.4 Å². The predicted octanol–water partition coefficient (Wildman–Crippen LogP) is 2.93. The molecule has 0 aliphatic carbocycles. The Bertz CT molecular complexity index is 371. The maximum atomic E-state index is 8.69. The maximum Gasteiger partial charge on any atom is 0.145 e. The van der Waals surface area contributed by atoms with Gasteiger partial charge in [0, 0.05) is 19.2 Å². The Kier molecular flexibility index (Phi) is 6.68. The third-order valence-corrected chi connectivity index (χ3v) is 2.92. The number of hydrogen-bond donors (Lipinski definition) is 2. The minimum Gasteiger partial charge on any atom is -0.495 e. The third-order valence-electron chi connectivity index (χ3n) is 2.62. The molecule has 18 heavy (non-hydrogen) atoms. The number of hydrogen-bond acceptors (Lipinski definition) is 4. The van der Waals surface area contributed by atoms with Gasteiger partial charge in [-0.25, -0.2) is 0 Å². The summed E-state index contributed by atoms with van der Waals surface area (Å²) >= 11 is 6.07. The van der Waals surface area contributed by atoms with Crippen LogP contribution in [0.15, 0.2) is 12.1 Å². The number of methoxy groups -OCH3 is 2. The fourth-order valence-electron chi connectivity index (χ4n) is 1.63. The molecule has 5 heteroatoms. The topological polar surface area (TPSA) is 50.7 Å².